The van der Waals surface area contributed by atoms with Crippen molar-refractivity contribution in [2.75, 3.05) is 0 Å². The largest absolute Gasteiger partial charge is 0.273 e. The Bertz CT molecular complexity index is 654. The molecular weight excluding hydrogens is 296 g/mol. The number of fused-ring (bicyclic) bond motifs is 1. The van der Waals surface area contributed by atoms with Crippen molar-refractivity contribution in [3.63, 3.8) is 0 Å². The standard InChI is InChI=1S/C21H26N2O/c24-21(19-12-18(19)16-4-2-1-3-5-16)23-22-20-11-15-7-13-6-14(8-15)10-17(20)9-13/h1-5,13-15,17-19H,6-12H2,(H,23,24)/b22-20-/t13-,14-,15?,17?,18+,19-/m0/s1. The first kappa shape index (κ1) is 14.7. The van der Waals surface area contributed by atoms with Gasteiger partial charge in [0.1, 0.15) is 0 Å². The molecule has 0 saturated heterocycles. The summed E-state index contributed by atoms with van der Waals surface area (Å²) in [5.74, 6) is 3.98. The van der Waals surface area contributed by atoms with Gasteiger partial charge in [-0.3, -0.25) is 4.79 Å². The lowest BCUT2D eigenvalue weighted by molar-refractivity contribution is -0.122. The second kappa shape index (κ2) is 5.72. The van der Waals surface area contributed by atoms with Gasteiger partial charge < -0.3 is 0 Å². The maximum absolute atomic E-state index is 12.5. The summed E-state index contributed by atoms with van der Waals surface area (Å²) in [7, 11) is 0. The third-order valence-electron chi connectivity index (χ3n) is 6.87. The predicted molar refractivity (Wildman–Crippen MR) is 94.5 cm³/mol. The van der Waals surface area contributed by atoms with Crippen LogP contribution in [0.15, 0.2) is 35.4 Å². The maximum Gasteiger partial charge on any atom is 0.243 e. The number of hydrogen-bond acceptors (Lipinski definition) is 2. The van der Waals surface area contributed by atoms with Crippen LogP contribution in [0.5, 0.6) is 0 Å². The number of nitrogens with zero attached hydrogens (tertiary/aromatic N) is 1. The third kappa shape index (κ3) is 2.68. The van der Waals surface area contributed by atoms with Crippen molar-refractivity contribution >= 4 is 11.6 Å². The van der Waals surface area contributed by atoms with E-state index in [0.29, 0.717) is 11.8 Å². The summed E-state index contributed by atoms with van der Waals surface area (Å²) in [6.07, 6.45) is 8.99. The normalized spacial score (nSPS) is 41.2. The molecule has 4 atom stereocenters. The van der Waals surface area contributed by atoms with Crippen LogP contribution >= 0.6 is 0 Å². The van der Waals surface area contributed by atoms with Crippen LogP contribution in [0.25, 0.3) is 0 Å². The molecule has 126 valence electrons. The molecule has 3 heteroatoms. The van der Waals surface area contributed by atoms with E-state index in [9.17, 15) is 4.79 Å². The highest BCUT2D eigenvalue weighted by molar-refractivity contribution is 5.90. The average Bonchev–Trinajstić information content (AvgIpc) is 3.40. The first-order valence-electron chi connectivity index (χ1n) is 9.67. The molecule has 1 aromatic rings. The Balaban J connectivity index is 1.24. The molecule has 1 amide bonds. The molecule has 4 bridgehead atoms. The molecule has 5 aliphatic rings. The van der Waals surface area contributed by atoms with Crippen molar-refractivity contribution in [2.24, 2.45) is 34.7 Å². The van der Waals surface area contributed by atoms with Gasteiger partial charge in [0.05, 0.1) is 0 Å². The zero-order chi connectivity index (χ0) is 16.1. The topological polar surface area (TPSA) is 41.5 Å². The first-order chi connectivity index (χ1) is 11.8. The Labute approximate surface area is 143 Å². The lowest BCUT2D eigenvalue weighted by atomic mass is 9.68. The van der Waals surface area contributed by atoms with Crippen molar-refractivity contribution in [3.05, 3.63) is 35.9 Å². The van der Waals surface area contributed by atoms with E-state index in [-0.39, 0.29) is 11.8 Å². The van der Waals surface area contributed by atoms with Crippen molar-refractivity contribution in [1.82, 2.24) is 5.43 Å². The Kier molecular flexibility index (Phi) is 3.50. The fourth-order valence-corrected chi connectivity index (χ4v) is 5.79. The van der Waals surface area contributed by atoms with E-state index >= 15 is 0 Å². The van der Waals surface area contributed by atoms with E-state index in [1.807, 2.05) is 6.07 Å². The molecule has 0 aromatic heterocycles. The highest BCUT2D eigenvalue weighted by Gasteiger charge is 2.45. The van der Waals surface area contributed by atoms with Crippen LogP contribution in [0.3, 0.4) is 0 Å². The summed E-state index contributed by atoms with van der Waals surface area (Å²) in [6.45, 7) is 0. The molecule has 0 heterocycles. The van der Waals surface area contributed by atoms with Crippen LogP contribution in [0.4, 0.5) is 0 Å². The number of hydrogen-bond donors (Lipinski definition) is 1. The van der Waals surface area contributed by atoms with Gasteiger partial charge in [-0.05, 0) is 80.1 Å². The van der Waals surface area contributed by atoms with Crippen LogP contribution in [0.1, 0.15) is 56.4 Å². The van der Waals surface area contributed by atoms with Crippen molar-refractivity contribution in [3.8, 4) is 0 Å². The molecule has 1 aromatic carbocycles. The van der Waals surface area contributed by atoms with Crippen LogP contribution in [-0.2, 0) is 4.79 Å². The van der Waals surface area contributed by atoms with E-state index in [0.717, 1.165) is 30.6 Å². The molecule has 0 unspecified atom stereocenters. The van der Waals surface area contributed by atoms with Gasteiger partial charge in [0.2, 0.25) is 5.91 Å². The zero-order valence-electron chi connectivity index (χ0n) is 14.2. The van der Waals surface area contributed by atoms with Gasteiger partial charge >= 0.3 is 0 Å². The van der Waals surface area contributed by atoms with E-state index in [1.54, 1.807) is 0 Å². The quantitative estimate of drug-likeness (QED) is 0.836. The number of amides is 1. The summed E-state index contributed by atoms with van der Waals surface area (Å²) in [6, 6.07) is 10.4. The summed E-state index contributed by atoms with van der Waals surface area (Å²) < 4.78 is 0. The van der Waals surface area contributed by atoms with Crippen LogP contribution in [-0.4, -0.2) is 11.6 Å². The van der Waals surface area contributed by atoms with E-state index < -0.39 is 0 Å². The number of carbonyl (C=O) groups excluding carboxylic acids is 1. The molecule has 0 radical (unpaired) electrons. The van der Waals surface area contributed by atoms with Gasteiger partial charge in [-0.1, -0.05) is 30.3 Å². The molecule has 1 N–H and O–H groups in total. The third-order valence-corrected chi connectivity index (χ3v) is 6.87. The van der Waals surface area contributed by atoms with Crippen LogP contribution < -0.4 is 5.43 Å². The predicted octanol–water partition coefficient (Wildman–Crippen LogP) is 4.11. The summed E-state index contributed by atoms with van der Waals surface area (Å²) in [5, 5.41) is 4.65. The van der Waals surface area contributed by atoms with Gasteiger partial charge in [0.15, 0.2) is 0 Å². The first-order valence-corrected chi connectivity index (χ1v) is 9.67. The molecule has 5 fully saturated rings. The number of carbonyl (C=O) groups is 1. The zero-order valence-corrected chi connectivity index (χ0v) is 14.2. The summed E-state index contributed by atoms with van der Waals surface area (Å²) in [5.41, 5.74) is 5.52. The Morgan fingerprint density at radius 1 is 0.917 bits per heavy atom. The highest BCUT2D eigenvalue weighted by atomic mass is 16.2. The van der Waals surface area contributed by atoms with Gasteiger partial charge in [-0.2, -0.15) is 5.10 Å². The molecule has 0 aliphatic heterocycles. The van der Waals surface area contributed by atoms with Crippen LogP contribution in [0.2, 0.25) is 0 Å². The number of rotatable bonds is 3. The van der Waals surface area contributed by atoms with Crippen molar-refractivity contribution in [1.29, 1.82) is 0 Å². The van der Waals surface area contributed by atoms with E-state index in [2.05, 4.69) is 34.8 Å². The molecule has 0 spiro atoms. The smallest absolute Gasteiger partial charge is 0.243 e. The molecule has 5 aliphatic carbocycles. The molecule has 6 rings (SSSR count). The van der Waals surface area contributed by atoms with Gasteiger partial charge in [0, 0.05) is 11.6 Å². The van der Waals surface area contributed by atoms with Crippen LogP contribution in [0, 0.1) is 29.6 Å². The Morgan fingerprint density at radius 3 is 2.38 bits per heavy atom. The maximum atomic E-state index is 12.5. The van der Waals surface area contributed by atoms with E-state index in [4.69, 9.17) is 0 Å². The SMILES string of the molecule is O=C(N/N=C1/CC2C[C@H]3CC1C[C@H](C2)C3)[C@H]1C[C@@H]1c1ccccc1. The molecule has 24 heavy (non-hydrogen) atoms. The van der Waals surface area contributed by atoms with Gasteiger partial charge in [0.25, 0.3) is 0 Å². The second-order valence-corrected chi connectivity index (χ2v) is 8.62. The number of nitrogens with one attached hydrogen (secondary N) is 1. The number of hydrazone groups is 1. The number of benzene rings is 1. The molecule has 5 saturated carbocycles. The minimum absolute atomic E-state index is 0.121. The lowest BCUT2D eigenvalue weighted by Crippen LogP contribution is -2.29. The van der Waals surface area contributed by atoms with Crippen molar-refractivity contribution < 1.29 is 4.79 Å². The Morgan fingerprint density at radius 2 is 1.62 bits per heavy atom. The second-order valence-electron chi connectivity index (χ2n) is 8.62. The van der Waals surface area contributed by atoms with Gasteiger partial charge in [-0.25, -0.2) is 5.43 Å². The summed E-state index contributed by atoms with van der Waals surface area (Å²) in [4.78, 5) is 12.5. The average molecular weight is 322 g/mol. The Hall–Kier alpha value is -1.64. The lowest BCUT2D eigenvalue weighted by Gasteiger charge is -2.37. The van der Waals surface area contributed by atoms with E-state index in [1.165, 1.54) is 43.4 Å². The fourth-order valence-electron chi connectivity index (χ4n) is 5.79. The minimum atomic E-state index is 0.121. The monoisotopic (exact) mass is 322 g/mol. The summed E-state index contributed by atoms with van der Waals surface area (Å²) >= 11 is 0. The minimum Gasteiger partial charge on any atom is -0.273 e. The fraction of sp³-hybridized carbons (Fsp3) is 0.619. The molecular formula is C21H26N2O. The molecule has 3 nitrogen and oxygen atoms in total. The van der Waals surface area contributed by atoms with Crippen molar-refractivity contribution in [2.45, 2.75) is 50.9 Å². The highest BCUT2D eigenvalue weighted by Crippen LogP contribution is 2.50. The van der Waals surface area contributed by atoms with Gasteiger partial charge in [-0.15, -0.1) is 0 Å².